The predicted molar refractivity (Wildman–Crippen MR) is 146 cm³/mol. The van der Waals surface area contributed by atoms with Gasteiger partial charge in [0.2, 0.25) is 0 Å². The highest BCUT2D eigenvalue weighted by Gasteiger charge is 2.51. The van der Waals surface area contributed by atoms with Crippen molar-refractivity contribution in [2.45, 2.75) is 38.7 Å². The zero-order valence-corrected chi connectivity index (χ0v) is 21.9. The summed E-state index contributed by atoms with van der Waals surface area (Å²) in [5.74, 6) is 1.25. The molecule has 34 heavy (non-hydrogen) atoms. The molecule has 4 heteroatoms. The first-order valence-electron chi connectivity index (χ1n) is 12.2. The molecule has 4 aromatic rings. The van der Waals surface area contributed by atoms with Crippen molar-refractivity contribution < 1.29 is 4.43 Å². The highest BCUT2D eigenvalue weighted by Crippen LogP contribution is 2.44. The molecule has 1 saturated carbocycles. The van der Waals surface area contributed by atoms with Crippen molar-refractivity contribution in [1.82, 2.24) is 4.98 Å². The maximum Gasteiger partial charge on any atom is 0.261 e. The van der Waals surface area contributed by atoms with Gasteiger partial charge in [0.25, 0.3) is 8.32 Å². The Balaban J connectivity index is 1.38. The molecule has 2 unspecified atom stereocenters. The van der Waals surface area contributed by atoms with Crippen molar-refractivity contribution in [3.05, 3.63) is 102 Å². The number of benzene rings is 3. The van der Waals surface area contributed by atoms with Crippen molar-refractivity contribution in [1.29, 1.82) is 0 Å². The van der Waals surface area contributed by atoms with Gasteiger partial charge in [0.05, 0.1) is 5.52 Å². The fourth-order valence-corrected chi connectivity index (χ4v) is 10.2. The molecule has 1 aliphatic rings. The summed E-state index contributed by atoms with van der Waals surface area (Å²) in [6.45, 7) is 7.85. The standard InChI is InChI=1S/C30H32ClNOSi/c1-30(2,3)34(26-10-6-4-7-11-26,27-12-8-5-9-13-27)33-21-24-19-23(24)18-22-16-17-32-29-20-25(31)14-15-28(22)29/h4-17,20,23-24H,18-19,21H2,1-3H3. The monoisotopic (exact) mass is 485 g/mol. The van der Waals surface area contributed by atoms with Crippen molar-refractivity contribution in [3.8, 4) is 0 Å². The normalized spacial score (nSPS) is 18.2. The van der Waals surface area contributed by atoms with Crippen LogP contribution in [0.3, 0.4) is 0 Å². The van der Waals surface area contributed by atoms with E-state index in [1.165, 1.54) is 27.7 Å². The molecule has 0 saturated heterocycles. The predicted octanol–water partition coefficient (Wildman–Crippen LogP) is 6.64. The van der Waals surface area contributed by atoms with Crippen LogP contribution in [0.25, 0.3) is 10.9 Å². The lowest BCUT2D eigenvalue weighted by atomic mass is 10.0. The Kier molecular flexibility index (Phi) is 6.37. The molecule has 2 atom stereocenters. The van der Waals surface area contributed by atoms with Crippen molar-refractivity contribution >= 4 is 41.2 Å². The molecular weight excluding hydrogens is 454 g/mol. The van der Waals surface area contributed by atoms with Gasteiger partial charge in [-0.25, -0.2) is 0 Å². The van der Waals surface area contributed by atoms with Crippen LogP contribution in [0.15, 0.2) is 91.1 Å². The van der Waals surface area contributed by atoms with Crippen LogP contribution in [0.1, 0.15) is 32.8 Å². The van der Waals surface area contributed by atoms with Gasteiger partial charge in [0, 0.05) is 23.2 Å². The third-order valence-electron chi connectivity index (χ3n) is 7.28. The second-order valence-corrected chi connectivity index (χ2v) is 15.3. The Morgan fingerprint density at radius 3 is 2.15 bits per heavy atom. The zero-order valence-electron chi connectivity index (χ0n) is 20.2. The minimum atomic E-state index is -2.47. The van der Waals surface area contributed by atoms with Crippen molar-refractivity contribution in [2.75, 3.05) is 6.61 Å². The molecule has 0 bridgehead atoms. The Bertz CT molecular complexity index is 1230. The summed E-state index contributed by atoms with van der Waals surface area (Å²) in [7, 11) is -2.47. The fourth-order valence-electron chi connectivity index (χ4n) is 5.40. The number of hydrogen-bond donors (Lipinski definition) is 0. The van der Waals surface area contributed by atoms with E-state index >= 15 is 0 Å². The number of rotatable bonds is 7. The Morgan fingerprint density at radius 1 is 0.882 bits per heavy atom. The van der Waals surface area contributed by atoms with Crippen LogP contribution < -0.4 is 10.4 Å². The third-order valence-corrected chi connectivity index (χ3v) is 12.5. The first-order chi connectivity index (χ1) is 16.4. The molecule has 1 aliphatic carbocycles. The van der Waals surface area contributed by atoms with Gasteiger partial charge in [0.15, 0.2) is 0 Å². The van der Waals surface area contributed by atoms with Crippen molar-refractivity contribution in [3.63, 3.8) is 0 Å². The quantitative estimate of drug-likeness (QED) is 0.273. The van der Waals surface area contributed by atoms with Crippen LogP contribution in [-0.2, 0) is 10.8 Å². The smallest absolute Gasteiger partial charge is 0.261 e. The lowest BCUT2D eigenvalue weighted by Gasteiger charge is -2.43. The van der Waals surface area contributed by atoms with E-state index in [1.54, 1.807) is 0 Å². The molecule has 2 nitrogen and oxygen atoms in total. The highest BCUT2D eigenvalue weighted by molar-refractivity contribution is 6.99. The minimum absolute atomic E-state index is 0.0145. The molecular formula is C30H32ClNOSi. The number of aromatic nitrogens is 1. The molecule has 0 radical (unpaired) electrons. The lowest BCUT2D eigenvalue weighted by molar-refractivity contribution is 0.274. The average molecular weight is 486 g/mol. The summed E-state index contributed by atoms with van der Waals surface area (Å²) in [6.07, 6.45) is 4.19. The molecule has 5 rings (SSSR count). The van der Waals surface area contributed by atoms with Gasteiger partial charge in [-0.3, -0.25) is 4.98 Å². The van der Waals surface area contributed by atoms with E-state index in [0.29, 0.717) is 11.8 Å². The second-order valence-electron chi connectivity index (χ2n) is 10.6. The van der Waals surface area contributed by atoms with Crippen molar-refractivity contribution in [2.24, 2.45) is 11.8 Å². The van der Waals surface area contributed by atoms with E-state index in [4.69, 9.17) is 16.0 Å². The van der Waals surface area contributed by atoms with Crippen LogP contribution >= 0.6 is 11.6 Å². The highest BCUT2D eigenvalue weighted by atomic mass is 35.5. The van der Waals surface area contributed by atoms with Gasteiger partial charge in [0.1, 0.15) is 0 Å². The topological polar surface area (TPSA) is 22.1 Å². The van der Waals surface area contributed by atoms with Crippen LogP contribution in [-0.4, -0.2) is 19.9 Å². The largest absolute Gasteiger partial charge is 0.407 e. The SMILES string of the molecule is CC(C)(C)[Si](OCC1CC1Cc1ccnc2cc(Cl)ccc12)(c1ccccc1)c1ccccc1. The van der Waals surface area contributed by atoms with E-state index in [1.807, 2.05) is 18.3 Å². The minimum Gasteiger partial charge on any atom is -0.407 e. The van der Waals surface area contributed by atoms with Gasteiger partial charge >= 0.3 is 0 Å². The Morgan fingerprint density at radius 2 is 1.53 bits per heavy atom. The summed E-state index contributed by atoms with van der Waals surface area (Å²) in [5, 5.41) is 4.66. The maximum absolute atomic E-state index is 7.17. The molecule has 1 heterocycles. The fraction of sp³-hybridized carbons (Fsp3) is 0.300. The Hall–Kier alpha value is -2.46. The molecule has 0 aliphatic heterocycles. The number of halogens is 1. The first-order valence-corrected chi connectivity index (χ1v) is 14.5. The second kappa shape index (κ2) is 9.29. The lowest BCUT2D eigenvalue weighted by Crippen LogP contribution is -2.66. The summed E-state index contributed by atoms with van der Waals surface area (Å²) >= 11 is 6.18. The molecule has 1 fully saturated rings. The molecule has 3 aromatic carbocycles. The van der Waals surface area contributed by atoms with Crippen LogP contribution in [0, 0.1) is 11.8 Å². The number of hydrogen-bond acceptors (Lipinski definition) is 2. The maximum atomic E-state index is 7.17. The van der Waals surface area contributed by atoms with E-state index in [-0.39, 0.29) is 5.04 Å². The molecule has 0 spiro atoms. The summed E-state index contributed by atoms with van der Waals surface area (Å²) in [4.78, 5) is 4.51. The van der Waals surface area contributed by atoms with Gasteiger partial charge in [-0.15, -0.1) is 0 Å². The molecule has 174 valence electrons. The van der Waals surface area contributed by atoms with E-state index in [2.05, 4.69) is 98.6 Å². The van der Waals surface area contributed by atoms with Crippen LogP contribution in [0.4, 0.5) is 0 Å². The van der Waals surface area contributed by atoms with Gasteiger partial charge in [-0.1, -0.05) is 99.1 Å². The molecule has 0 N–H and O–H groups in total. The molecule has 0 amide bonds. The number of nitrogens with zero attached hydrogens (tertiary/aromatic N) is 1. The van der Waals surface area contributed by atoms with Crippen LogP contribution in [0.5, 0.6) is 0 Å². The summed E-state index contributed by atoms with van der Waals surface area (Å²) in [6, 6.07) is 30.0. The average Bonchev–Trinajstić information content (AvgIpc) is 3.57. The first kappa shape index (κ1) is 23.3. The van der Waals surface area contributed by atoms with E-state index in [9.17, 15) is 0 Å². The molecule has 1 aromatic heterocycles. The third kappa shape index (κ3) is 4.45. The Labute approximate surface area is 209 Å². The zero-order chi connectivity index (χ0) is 23.8. The van der Waals surface area contributed by atoms with E-state index in [0.717, 1.165) is 23.6 Å². The van der Waals surface area contributed by atoms with Gasteiger partial charge in [-0.05, 0) is 63.9 Å². The van der Waals surface area contributed by atoms with E-state index < -0.39 is 8.32 Å². The van der Waals surface area contributed by atoms with Gasteiger partial charge in [-0.2, -0.15) is 0 Å². The number of pyridine rings is 1. The number of fused-ring (bicyclic) bond motifs is 1. The summed E-state index contributed by atoms with van der Waals surface area (Å²) < 4.78 is 7.17. The van der Waals surface area contributed by atoms with Crippen LogP contribution in [0.2, 0.25) is 10.1 Å². The summed E-state index contributed by atoms with van der Waals surface area (Å²) in [5.41, 5.74) is 2.34. The van der Waals surface area contributed by atoms with Gasteiger partial charge < -0.3 is 4.43 Å².